The SMILES string of the molecule is COc1ccc(CC(=O)N[C@H](Cc2ccc(OC)c(OC)c2)C(=O)NCc2ccccc2)cc1. The summed E-state index contributed by atoms with van der Waals surface area (Å²) in [6, 6.07) is 21.6. The summed E-state index contributed by atoms with van der Waals surface area (Å²) < 4.78 is 15.8. The summed E-state index contributed by atoms with van der Waals surface area (Å²) in [6.07, 6.45) is 0.452. The van der Waals surface area contributed by atoms with Gasteiger partial charge in [-0.15, -0.1) is 0 Å². The molecule has 0 fully saturated rings. The zero-order chi connectivity index (χ0) is 24.3. The number of hydrogen-bond donors (Lipinski definition) is 2. The highest BCUT2D eigenvalue weighted by atomic mass is 16.5. The van der Waals surface area contributed by atoms with E-state index in [9.17, 15) is 9.59 Å². The fourth-order valence-corrected chi connectivity index (χ4v) is 3.53. The topological polar surface area (TPSA) is 85.9 Å². The number of hydrogen-bond acceptors (Lipinski definition) is 5. The number of amides is 2. The van der Waals surface area contributed by atoms with Gasteiger partial charge in [-0.1, -0.05) is 48.5 Å². The maximum absolute atomic E-state index is 13.1. The number of ether oxygens (including phenoxy) is 3. The van der Waals surface area contributed by atoms with E-state index in [2.05, 4.69) is 10.6 Å². The van der Waals surface area contributed by atoms with Crippen molar-refractivity contribution < 1.29 is 23.8 Å². The second kappa shape index (κ2) is 12.3. The van der Waals surface area contributed by atoms with Gasteiger partial charge in [-0.2, -0.15) is 0 Å². The smallest absolute Gasteiger partial charge is 0.243 e. The van der Waals surface area contributed by atoms with E-state index in [1.807, 2.05) is 54.6 Å². The van der Waals surface area contributed by atoms with Crippen molar-refractivity contribution in [2.24, 2.45) is 0 Å². The lowest BCUT2D eigenvalue weighted by atomic mass is 10.0. The lowest BCUT2D eigenvalue weighted by molar-refractivity contribution is -0.128. The second-order valence-electron chi connectivity index (χ2n) is 7.74. The maximum atomic E-state index is 13.1. The van der Waals surface area contributed by atoms with Crippen LogP contribution in [0.2, 0.25) is 0 Å². The van der Waals surface area contributed by atoms with Crippen molar-refractivity contribution in [3.63, 3.8) is 0 Å². The molecule has 7 heteroatoms. The van der Waals surface area contributed by atoms with Crippen molar-refractivity contribution in [1.82, 2.24) is 10.6 Å². The molecule has 3 aromatic carbocycles. The van der Waals surface area contributed by atoms with Gasteiger partial charge in [0.1, 0.15) is 11.8 Å². The van der Waals surface area contributed by atoms with Crippen LogP contribution in [0.4, 0.5) is 0 Å². The number of carbonyl (C=O) groups is 2. The molecule has 2 amide bonds. The highest BCUT2D eigenvalue weighted by Gasteiger charge is 2.22. The van der Waals surface area contributed by atoms with Crippen LogP contribution in [0.1, 0.15) is 16.7 Å². The molecule has 0 saturated heterocycles. The van der Waals surface area contributed by atoms with Crippen LogP contribution < -0.4 is 24.8 Å². The molecule has 0 aromatic heterocycles. The van der Waals surface area contributed by atoms with Gasteiger partial charge in [0.05, 0.1) is 27.8 Å². The van der Waals surface area contributed by atoms with Crippen LogP contribution in [0.25, 0.3) is 0 Å². The number of carbonyl (C=O) groups excluding carboxylic acids is 2. The van der Waals surface area contributed by atoms with Crippen LogP contribution in [-0.4, -0.2) is 39.2 Å². The van der Waals surface area contributed by atoms with E-state index in [0.717, 1.165) is 22.4 Å². The Morgan fingerprint density at radius 1 is 0.765 bits per heavy atom. The minimum atomic E-state index is -0.757. The Kier molecular flexibility index (Phi) is 8.91. The Balaban J connectivity index is 1.73. The first-order valence-corrected chi connectivity index (χ1v) is 11.0. The molecule has 178 valence electrons. The van der Waals surface area contributed by atoms with Crippen molar-refractivity contribution in [3.8, 4) is 17.2 Å². The summed E-state index contributed by atoms with van der Waals surface area (Å²) in [6.45, 7) is 0.371. The average Bonchev–Trinajstić information content (AvgIpc) is 2.87. The molecule has 7 nitrogen and oxygen atoms in total. The standard InChI is InChI=1S/C27H30N2O5/c1-32-22-12-9-19(10-13-22)17-26(30)29-23(27(31)28-18-20-7-5-4-6-8-20)15-21-11-14-24(33-2)25(16-21)34-3/h4-14,16,23H,15,17-18H2,1-3H3,(H,28,31)(H,29,30)/t23-/m1/s1. The predicted octanol–water partition coefficient (Wildman–Crippen LogP) is 3.30. The Labute approximate surface area is 200 Å². The van der Waals surface area contributed by atoms with Crippen molar-refractivity contribution in [2.75, 3.05) is 21.3 Å². The summed E-state index contributed by atoms with van der Waals surface area (Å²) in [5, 5.41) is 5.82. The number of benzene rings is 3. The molecule has 0 unspecified atom stereocenters. The summed E-state index contributed by atoms with van der Waals surface area (Å²) in [4.78, 5) is 25.9. The molecule has 0 aliphatic rings. The van der Waals surface area contributed by atoms with Gasteiger partial charge < -0.3 is 24.8 Å². The Morgan fingerprint density at radius 3 is 2.09 bits per heavy atom. The molecule has 0 saturated carbocycles. The first-order valence-electron chi connectivity index (χ1n) is 11.0. The molecule has 3 rings (SSSR count). The molecule has 1 atom stereocenters. The summed E-state index contributed by atoms with van der Waals surface area (Å²) in [5.74, 6) is 1.37. The van der Waals surface area contributed by atoms with Gasteiger partial charge in [0, 0.05) is 13.0 Å². The first kappa shape index (κ1) is 24.6. The van der Waals surface area contributed by atoms with Crippen LogP contribution >= 0.6 is 0 Å². The quantitative estimate of drug-likeness (QED) is 0.457. The fourth-order valence-electron chi connectivity index (χ4n) is 3.53. The largest absolute Gasteiger partial charge is 0.497 e. The van der Waals surface area contributed by atoms with Crippen LogP contribution in [-0.2, 0) is 29.0 Å². The lowest BCUT2D eigenvalue weighted by Gasteiger charge is -2.20. The van der Waals surface area contributed by atoms with Gasteiger partial charge in [0.15, 0.2) is 11.5 Å². The summed E-state index contributed by atoms with van der Waals surface area (Å²) in [7, 11) is 4.72. The molecule has 2 N–H and O–H groups in total. The average molecular weight is 463 g/mol. The monoisotopic (exact) mass is 462 g/mol. The number of rotatable bonds is 11. The first-order chi connectivity index (χ1) is 16.5. The number of nitrogens with one attached hydrogen (secondary N) is 2. The molecule has 0 aliphatic heterocycles. The van der Waals surface area contributed by atoms with Crippen molar-refractivity contribution >= 4 is 11.8 Å². The minimum absolute atomic E-state index is 0.151. The van der Waals surface area contributed by atoms with Crippen molar-refractivity contribution in [3.05, 3.63) is 89.5 Å². The highest BCUT2D eigenvalue weighted by molar-refractivity contribution is 5.88. The van der Waals surface area contributed by atoms with E-state index in [1.54, 1.807) is 39.5 Å². The second-order valence-corrected chi connectivity index (χ2v) is 7.74. The zero-order valence-corrected chi connectivity index (χ0v) is 19.7. The molecule has 0 bridgehead atoms. The molecule has 3 aromatic rings. The molecule has 0 radical (unpaired) electrons. The summed E-state index contributed by atoms with van der Waals surface area (Å²) in [5.41, 5.74) is 2.64. The maximum Gasteiger partial charge on any atom is 0.243 e. The third kappa shape index (κ3) is 7.00. The van der Waals surface area contributed by atoms with Crippen LogP contribution in [0.5, 0.6) is 17.2 Å². The van der Waals surface area contributed by atoms with E-state index in [4.69, 9.17) is 14.2 Å². The predicted molar refractivity (Wildman–Crippen MR) is 130 cm³/mol. The summed E-state index contributed by atoms with van der Waals surface area (Å²) >= 11 is 0. The van der Waals surface area contributed by atoms with Crippen LogP contribution in [0.15, 0.2) is 72.8 Å². The van der Waals surface area contributed by atoms with E-state index in [-0.39, 0.29) is 18.2 Å². The molecule has 0 heterocycles. The lowest BCUT2D eigenvalue weighted by Crippen LogP contribution is -2.48. The van der Waals surface area contributed by atoms with Gasteiger partial charge in [0.2, 0.25) is 11.8 Å². The minimum Gasteiger partial charge on any atom is -0.497 e. The van der Waals surface area contributed by atoms with Crippen molar-refractivity contribution in [1.29, 1.82) is 0 Å². The van der Waals surface area contributed by atoms with Gasteiger partial charge in [-0.25, -0.2) is 0 Å². The third-order valence-corrected chi connectivity index (χ3v) is 5.37. The van der Waals surface area contributed by atoms with Gasteiger partial charge in [-0.3, -0.25) is 9.59 Å². The normalized spacial score (nSPS) is 11.3. The highest BCUT2D eigenvalue weighted by Crippen LogP contribution is 2.28. The Bertz CT molecular complexity index is 1080. The third-order valence-electron chi connectivity index (χ3n) is 5.37. The van der Waals surface area contributed by atoms with E-state index < -0.39 is 6.04 Å². The Morgan fingerprint density at radius 2 is 1.44 bits per heavy atom. The Hall–Kier alpha value is -4.00. The molecule has 34 heavy (non-hydrogen) atoms. The van der Waals surface area contributed by atoms with Gasteiger partial charge in [0.25, 0.3) is 0 Å². The van der Waals surface area contributed by atoms with E-state index >= 15 is 0 Å². The van der Waals surface area contributed by atoms with Crippen LogP contribution in [0, 0.1) is 0 Å². The molecule has 0 aliphatic carbocycles. The molecular weight excluding hydrogens is 432 g/mol. The van der Waals surface area contributed by atoms with Gasteiger partial charge >= 0.3 is 0 Å². The van der Waals surface area contributed by atoms with E-state index in [1.165, 1.54) is 0 Å². The van der Waals surface area contributed by atoms with E-state index in [0.29, 0.717) is 24.5 Å². The van der Waals surface area contributed by atoms with Crippen molar-refractivity contribution in [2.45, 2.75) is 25.4 Å². The number of methoxy groups -OCH3 is 3. The molecular formula is C27H30N2O5. The van der Waals surface area contributed by atoms with Crippen LogP contribution in [0.3, 0.4) is 0 Å². The zero-order valence-electron chi connectivity index (χ0n) is 19.7. The fraction of sp³-hybridized carbons (Fsp3) is 0.259. The van der Waals surface area contributed by atoms with Gasteiger partial charge in [-0.05, 0) is 41.0 Å². The molecule has 0 spiro atoms.